The summed E-state index contributed by atoms with van der Waals surface area (Å²) in [5.74, 6) is 1.41. The van der Waals surface area contributed by atoms with E-state index in [0.29, 0.717) is 11.3 Å². The molecule has 3 heteroatoms. The molecule has 0 N–H and O–H groups in total. The van der Waals surface area contributed by atoms with Gasteiger partial charge < -0.3 is 9.80 Å². The lowest BCUT2D eigenvalue weighted by molar-refractivity contribution is -0.150. The third kappa shape index (κ3) is 4.21. The minimum Gasteiger partial charge on any atom is -0.341 e. The summed E-state index contributed by atoms with van der Waals surface area (Å²) in [5, 5.41) is 0. The second-order valence-electron chi connectivity index (χ2n) is 7.88. The topological polar surface area (TPSA) is 23.6 Å². The van der Waals surface area contributed by atoms with Gasteiger partial charge in [-0.05, 0) is 57.7 Å². The summed E-state index contributed by atoms with van der Waals surface area (Å²) in [7, 11) is 0. The van der Waals surface area contributed by atoms with Crippen LogP contribution >= 0.6 is 0 Å². The molecule has 2 heterocycles. The molecule has 1 atom stereocenters. The fourth-order valence-corrected chi connectivity index (χ4v) is 3.70. The average Bonchev–Trinajstić information content (AvgIpc) is 2.43. The highest BCUT2D eigenvalue weighted by Crippen LogP contribution is 2.41. The van der Waals surface area contributed by atoms with Gasteiger partial charge in [0.15, 0.2) is 0 Å². The molecule has 0 saturated carbocycles. The van der Waals surface area contributed by atoms with E-state index in [1.807, 2.05) is 0 Å². The summed E-state index contributed by atoms with van der Waals surface area (Å²) in [5.41, 5.74) is 0.470. The Balaban J connectivity index is 1.67. The zero-order valence-corrected chi connectivity index (χ0v) is 14.5. The normalized spacial score (nSPS) is 23.4. The Morgan fingerprint density at radius 2 is 1.76 bits per heavy atom. The van der Waals surface area contributed by atoms with Crippen LogP contribution in [0.4, 0.5) is 0 Å². The van der Waals surface area contributed by atoms with E-state index in [1.165, 1.54) is 45.3 Å². The van der Waals surface area contributed by atoms with Crippen molar-refractivity contribution in [3.63, 3.8) is 0 Å². The summed E-state index contributed by atoms with van der Waals surface area (Å²) in [4.78, 5) is 16.9. The number of hydrogen-bond acceptors (Lipinski definition) is 2. The zero-order valence-electron chi connectivity index (χ0n) is 14.5. The van der Waals surface area contributed by atoms with Gasteiger partial charge in [-0.1, -0.05) is 27.7 Å². The van der Waals surface area contributed by atoms with Crippen LogP contribution in [0.5, 0.6) is 0 Å². The molecular formula is C18H34N2O. The maximum Gasteiger partial charge on any atom is 0.225 e. The summed E-state index contributed by atoms with van der Waals surface area (Å²) >= 11 is 0. The first-order valence-corrected chi connectivity index (χ1v) is 8.97. The van der Waals surface area contributed by atoms with Crippen molar-refractivity contribution < 1.29 is 4.79 Å². The first-order valence-electron chi connectivity index (χ1n) is 8.97. The number of carbonyl (C=O) groups excluding carboxylic acids is 1. The first-order chi connectivity index (χ1) is 9.96. The van der Waals surface area contributed by atoms with Crippen LogP contribution in [-0.2, 0) is 4.79 Å². The lowest BCUT2D eigenvalue weighted by atomic mass is 9.71. The smallest absolute Gasteiger partial charge is 0.225 e. The molecule has 1 amide bonds. The Bertz CT molecular complexity index is 337. The molecule has 0 radical (unpaired) electrons. The van der Waals surface area contributed by atoms with E-state index in [4.69, 9.17) is 0 Å². The van der Waals surface area contributed by atoms with Crippen molar-refractivity contribution >= 4 is 5.91 Å². The summed E-state index contributed by atoms with van der Waals surface area (Å²) < 4.78 is 0. The summed E-state index contributed by atoms with van der Waals surface area (Å²) in [6.07, 6.45) is 6.23. The van der Waals surface area contributed by atoms with Gasteiger partial charge in [0.05, 0.1) is 0 Å². The average molecular weight is 294 g/mol. The SMILES string of the molecule is CCC(C)C(=O)N1CC2(CCN(CCCC(C)C)CC2)C1. The Kier molecular flexibility index (Phi) is 5.70. The minimum atomic E-state index is 0.207. The van der Waals surface area contributed by atoms with E-state index in [2.05, 4.69) is 37.5 Å². The third-order valence-electron chi connectivity index (χ3n) is 5.57. The molecule has 2 fully saturated rings. The number of hydrogen-bond donors (Lipinski definition) is 0. The highest BCUT2D eigenvalue weighted by Gasteiger charge is 2.46. The fraction of sp³-hybridized carbons (Fsp3) is 0.944. The number of rotatable bonds is 6. The number of nitrogens with zero attached hydrogens (tertiary/aromatic N) is 2. The first kappa shape index (κ1) is 16.8. The minimum absolute atomic E-state index is 0.207. The van der Waals surface area contributed by atoms with E-state index in [1.54, 1.807) is 0 Å². The van der Waals surface area contributed by atoms with Crippen molar-refractivity contribution in [2.24, 2.45) is 17.3 Å². The van der Waals surface area contributed by atoms with Crippen molar-refractivity contribution in [3.05, 3.63) is 0 Å². The Morgan fingerprint density at radius 1 is 1.14 bits per heavy atom. The molecule has 0 bridgehead atoms. The lowest BCUT2D eigenvalue weighted by Crippen LogP contribution is -2.62. The molecule has 0 aromatic heterocycles. The van der Waals surface area contributed by atoms with Gasteiger partial charge >= 0.3 is 0 Å². The highest BCUT2D eigenvalue weighted by atomic mass is 16.2. The van der Waals surface area contributed by atoms with Crippen LogP contribution < -0.4 is 0 Å². The van der Waals surface area contributed by atoms with E-state index in [-0.39, 0.29) is 5.92 Å². The van der Waals surface area contributed by atoms with E-state index in [9.17, 15) is 4.79 Å². The molecule has 1 spiro atoms. The van der Waals surface area contributed by atoms with Crippen molar-refractivity contribution in [1.29, 1.82) is 0 Å². The van der Waals surface area contributed by atoms with Crippen LogP contribution in [0.1, 0.15) is 59.8 Å². The van der Waals surface area contributed by atoms with Gasteiger partial charge in [-0.25, -0.2) is 0 Å². The molecule has 2 saturated heterocycles. The molecule has 21 heavy (non-hydrogen) atoms. The maximum atomic E-state index is 12.2. The molecule has 0 aromatic carbocycles. The maximum absolute atomic E-state index is 12.2. The summed E-state index contributed by atoms with van der Waals surface area (Å²) in [6, 6.07) is 0. The molecule has 0 aliphatic carbocycles. The van der Waals surface area contributed by atoms with Crippen molar-refractivity contribution in [2.75, 3.05) is 32.7 Å². The predicted molar refractivity (Wildman–Crippen MR) is 88.2 cm³/mol. The molecule has 0 aromatic rings. The van der Waals surface area contributed by atoms with Gasteiger partial charge in [0.1, 0.15) is 0 Å². The fourth-order valence-electron chi connectivity index (χ4n) is 3.70. The van der Waals surface area contributed by atoms with Crippen molar-refractivity contribution in [2.45, 2.75) is 59.8 Å². The molecule has 2 aliphatic heterocycles. The predicted octanol–water partition coefficient (Wildman–Crippen LogP) is 3.39. The highest BCUT2D eigenvalue weighted by molar-refractivity contribution is 5.79. The number of carbonyl (C=O) groups is 1. The quantitative estimate of drug-likeness (QED) is 0.749. The molecule has 3 nitrogen and oxygen atoms in total. The van der Waals surface area contributed by atoms with Crippen LogP contribution in [0.25, 0.3) is 0 Å². The van der Waals surface area contributed by atoms with E-state index >= 15 is 0 Å². The van der Waals surface area contributed by atoms with Crippen LogP contribution in [0, 0.1) is 17.3 Å². The zero-order chi connectivity index (χ0) is 15.5. The number of amides is 1. The monoisotopic (exact) mass is 294 g/mol. The Hall–Kier alpha value is -0.570. The van der Waals surface area contributed by atoms with Crippen LogP contribution in [0.3, 0.4) is 0 Å². The van der Waals surface area contributed by atoms with Crippen molar-refractivity contribution in [3.8, 4) is 0 Å². The summed E-state index contributed by atoms with van der Waals surface area (Å²) in [6.45, 7) is 14.6. The van der Waals surface area contributed by atoms with Crippen LogP contribution in [0.2, 0.25) is 0 Å². The standard InChI is InChI=1S/C18H34N2O/c1-5-16(4)17(21)20-13-18(14-20)8-11-19(12-9-18)10-6-7-15(2)3/h15-16H,5-14H2,1-4H3. The lowest BCUT2D eigenvalue weighted by Gasteiger charge is -2.54. The van der Waals surface area contributed by atoms with Gasteiger partial charge in [0.25, 0.3) is 0 Å². The Labute approximate surface area is 131 Å². The molecular weight excluding hydrogens is 260 g/mol. The molecule has 1 unspecified atom stereocenters. The second-order valence-corrected chi connectivity index (χ2v) is 7.88. The van der Waals surface area contributed by atoms with Gasteiger partial charge in [0, 0.05) is 24.4 Å². The van der Waals surface area contributed by atoms with Gasteiger partial charge in [-0.3, -0.25) is 4.79 Å². The number of likely N-dealkylation sites (tertiary alicyclic amines) is 2. The van der Waals surface area contributed by atoms with E-state index < -0.39 is 0 Å². The van der Waals surface area contributed by atoms with Gasteiger partial charge in [0.2, 0.25) is 5.91 Å². The van der Waals surface area contributed by atoms with Gasteiger partial charge in [-0.2, -0.15) is 0 Å². The number of piperidine rings is 1. The second kappa shape index (κ2) is 7.13. The van der Waals surface area contributed by atoms with Crippen molar-refractivity contribution in [1.82, 2.24) is 9.80 Å². The van der Waals surface area contributed by atoms with E-state index in [0.717, 1.165) is 25.4 Å². The Morgan fingerprint density at radius 3 is 2.29 bits per heavy atom. The van der Waals surface area contributed by atoms with Crippen LogP contribution in [0.15, 0.2) is 0 Å². The third-order valence-corrected chi connectivity index (χ3v) is 5.57. The molecule has 122 valence electrons. The molecule has 2 rings (SSSR count). The molecule has 2 aliphatic rings. The van der Waals surface area contributed by atoms with Crippen LogP contribution in [-0.4, -0.2) is 48.4 Å². The largest absolute Gasteiger partial charge is 0.341 e. The van der Waals surface area contributed by atoms with Gasteiger partial charge in [-0.15, -0.1) is 0 Å².